The number of rotatable bonds is 5. The number of pyridine rings is 1. The molecule has 1 saturated heterocycles. The first kappa shape index (κ1) is 17.3. The van der Waals surface area contributed by atoms with Crippen LogP contribution in [0.3, 0.4) is 0 Å². The second kappa shape index (κ2) is 7.16. The number of benzene rings is 1. The summed E-state index contributed by atoms with van der Waals surface area (Å²) in [7, 11) is 1.53. The van der Waals surface area contributed by atoms with Crippen molar-refractivity contribution >= 4 is 22.7 Å². The molecule has 132 valence electrons. The van der Waals surface area contributed by atoms with E-state index in [9.17, 15) is 9.59 Å². The van der Waals surface area contributed by atoms with Crippen molar-refractivity contribution < 1.29 is 19.1 Å². The summed E-state index contributed by atoms with van der Waals surface area (Å²) in [5, 5.41) is 0.905. The summed E-state index contributed by atoms with van der Waals surface area (Å²) in [4.78, 5) is 30.3. The van der Waals surface area contributed by atoms with Crippen LogP contribution in [-0.4, -0.2) is 60.7 Å². The van der Waals surface area contributed by atoms with Crippen LogP contribution in [0.25, 0.3) is 10.9 Å². The van der Waals surface area contributed by atoms with E-state index in [0.29, 0.717) is 18.7 Å². The van der Waals surface area contributed by atoms with Gasteiger partial charge in [0.1, 0.15) is 5.60 Å². The lowest BCUT2D eigenvalue weighted by Crippen LogP contribution is -2.57. The third-order valence-corrected chi connectivity index (χ3v) is 4.28. The maximum absolute atomic E-state index is 12.9. The third-order valence-electron chi connectivity index (χ3n) is 4.28. The van der Waals surface area contributed by atoms with E-state index in [0.717, 1.165) is 10.9 Å². The molecule has 0 saturated carbocycles. The van der Waals surface area contributed by atoms with Gasteiger partial charge >= 0.3 is 0 Å². The smallest absolute Gasteiger partial charge is 0.255 e. The number of primary amides is 1. The number of hydrogen-bond acceptors (Lipinski definition) is 5. The second-order valence-electron chi connectivity index (χ2n) is 6.25. The number of morpholine rings is 1. The van der Waals surface area contributed by atoms with Crippen molar-refractivity contribution in [2.75, 3.05) is 33.4 Å². The molecule has 2 aromatic rings. The third kappa shape index (κ3) is 3.78. The van der Waals surface area contributed by atoms with Gasteiger partial charge in [-0.1, -0.05) is 18.2 Å². The van der Waals surface area contributed by atoms with E-state index in [1.165, 1.54) is 7.11 Å². The molecule has 0 unspecified atom stereocenters. The fourth-order valence-electron chi connectivity index (χ4n) is 3.21. The highest BCUT2D eigenvalue weighted by molar-refractivity contribution is 5.97. The Bertz CT molecular complexity index is 791. The average molecular weight is 343 g/mol. The summed E-state index contributed by atoms with van der Waals surface area (Å²) in [5.74, 6) is -0.634. The predicted molar refractivity (Wildman–Crippen MR) is 92.0 cm³/mol. The van der Waals surface area contributed by atoms with Crippen LogP contribution in [0.4, 0.5) is 0 Å². The van der Waals surface area contributed by atoms with Gasteiger partial charge in [0.05, 0.1) is 37.3 Å². The molecule has 1 aliphatic rings. The quantitative estimate of drug-likeness (QED) is 0.873. The van der Waals surface area contributed by atoms with Gasteiger partial charge in [-0.05, 0) is 12.1 Å². The Labute approximate surface area is 145 Å². The van der Waals surface area contributed by atoms with E-state index in [4.69, 9.17) is 15.2 Å². The Balaban J connectivity index is 1.83. The van der Waals surface area contributed by atoms with Crippen molar-refractivity contribution in [3.63, 3.8) is 0 Å². The van der Waals surface area contributed by atoms with Crippen LogP contribution in [0.1, 0.15) is 16.8 Å². The number of para-hydroxylation sites is 1. The van der Waals surface area contributed by atoms with E-state index in [1.807, 2.05) is 30.3 Å². The summed E-state index contributed by atoms with van der Waals surface area (Å²) >= 11 is 0. The normalized spacial score (nSPS) is 20.6. The molecule has 1 aromatic heterocycles. The summed E-state index contributed by atoms with van der Waals surface area (Å²) < 4.78 is 11.0. The lowest BCUT2D eigenvalue weighted by Gasteiger charge is -2.41. The molecule has 3 rings (SSSR count). The SMILES string of the molecule is COC[C@@]1(CC(N)=O)CN(C(=O)c2cnc3ccccc3c2)CCO1. The molecule has 0 radical (unpaired) electrons. The molecule has 2 heterocycles. The van der Waals surface area contributed by atoms with Crippen molar-refractivity contribution in [1.29, 1.82) is 0 Å². The Hall–Kier alpha value is -2.51. The molecule has 1 atom stereocenters. The number of nitrogens with two attached hydrogens (primary N) is 1. The number of nitrogens with zero attached hydrogens (tertiary/aromatic N) is 2. The van der Waals surface area contributed by atoms with Gasteiger partial charge in [-0.15, -0.1) is 0 Å². The molecule has 1 fully saturated rings. The Morgan fingerprint density at radius 1 is 1.40 bits per heavy atom. The van der Waals surface area contributed by atoms with Gasteiger partial charge in [-0.3, -0.25) is 14.6 Å². The van der Waals surface area contributed by atoms with Crippen LogP contribution in [-0.2, 0) is 14.3 Å². The van der Waals surface area contributed by atoms with Crippen LogP contribution in [0.15, 0.2) is 36.5 Å². The molecule has 0 spiro atoms. The maximum Gasteiger partial charge on any atom is 0.255 e. The minimum absolute atomic E-state index is 0.000586. The highest BCUT2D eigenvalue weighted by Gasteiger charge is 2.40. The maximum atomic E-state index is 12.9. The minimum atomic E-state index is -0.904. The predicted octanol–water partition coefficient (Wildman–Crippen LogP) is 0.968. The van der Waals surface area contributed by atoms with Gasteiger partial charge in [0.15, 0.2) is 0 Å². The first-order valence-corrected chi connectivity index (χ1v) is 8.08. The van der Waals surface area contributed by atoms with Crippen molar-refractivity contribution in [2.45, 2.75) is 12.0 Å². The van der Waals surface area contributed by atoms with Crippen LogP contribution < -0.4 is 5.73 Å². The molecule has 1 aromatic carbocycles. The topological polar surface area (TPSA) is 94.8 Å². The molecule has 0 bridgehead atoms. The molecule has 0 aliphatic carbocycles. The first-order valence-electron chi connectivity index (χ1n) is 8.08. The second-order valence-corrected chi connectivity index (χ2v) is 6.25. The Morgan fingerprint density at radius 2 is 2.20 bits per heavy atom. The summed E-state index contributed by atoms with van der Waals surface area (Å²) in [6, 6.07) is 9.45. The molecular formula is C18H21N3O4. The van der Waals surface area contributed by atoms with Gasteiger partial charge in [0.2, 0.25) is 5.91 Å². The highest BCUT2D eigenvalue weighted by Crippen LogP contribution is 2.24. The lowest BCUT2D eigenvalue weighted by atomic mass is 9.97. The summed E-state index contributed by atoms with van der Waals surface area (Å²) in [6.45, 7) is 1.20. The fourth-order valence-corrected chi connectivity index (χ4v) is 3.21. The van der Waals surface area contributed by atoms with E-state index in [-0.39, 0.29) is 25.5 Å². The largest absolute Gasteiger partial charge is 0.382 e. The Morgan fingerprint density at radius 3 is 2.96 bits per heavy atom. The van der Waals surface area contributed by atoms with Crippen LogP contribution in [0.5, 0.6) is 0 Å². The average Bonchev–Trinajstić information content (AvgIpc) is 2.60. The summed E-state index contributed by atoms with van der Waals surface area (Å²) in [5.41, 5.74) is 5.78. The molecule has 7 heteroatoms. The van der Waals surface area contributed by atoms with Gasteiger partial charge in [-0.25, -0.2) is 0 Å². The van der Waals surface area contributed by atoms with E-state index < -0.39 is 11.5 Å². The molecular weight excluding hydrogens is 322 g/mol. The van der Waals surface area contributed by atoms with E-state index in [1.54, 1.807) is 11.1 Å². The number of hydrogen-bond donors (Lipinski definition) is 1. The fraction of sp³-hybridized carbons (Fsp3) is 0.389. The van der Waals surface area contributed by atoms with Crippen molar-refractivity contribution in [2.24, 2.45) is 5.73 Å². The molecule has 7 nitrogen and oxygen atoms in total. The standard InChI is InChI=1S/C18H21N3O4/c1-24-12-18(9-16(19)22)11-21(6-7-25-18)17(23)14-8-13-4-2-3-5-15(13)20-10-14/h2-5,8,10H,6-7,9,11-12H2,1H3,(H2,19,22)/t18-/m1/s1. The van der Waals surface area contributed by atoms with Gasteiger partial charge in [0, 0.05) is 25.2 Å². The Kier molecular flexibility index (Phi) is 4.96. The van der Waals surface area contributed by atoms with Crippen LogP contribution in [0, 0.1) is 0 Å². The number of fused-ring (bicyclic) bond motifs is 1. The number of methoxy groups -OCH3 is 1. The molecule has 25 heavy (non-hydrogen) atoms. The highest BCUT2D eigenvalue weighted by atomic mass is 16.5. The molecule has 2 N–H and O–H groups in total. The van der Waals surface area contributed by atoms with E-state index >= 15 is 0 Å². The van der Waals surface area contributed by atoms with E-state index in [2.05, 4.69) is 4.98 Å². The van der Waals surface area contributed by atoms with Crippen molar-refractivity contribution in [1.82, 2.24) is 9.88 Å². The molecule has 1 aliphatic heterocycles. The number of amides is 2. The van der Waals surface area contributed by atoms with Crippen molar-refractivity contribution in [3.05, 3.63) is 42.1 Å². The van der Waals surface area contributed by atoms with Gasteiger partial charge in [0.25, 0.3) is 5.91 Å². The zero-order valence-electron chi connectivity index (χ0n) is 14.1. The monoisotopic (exact) mass is 343 g/mol. The van der Waals surface area contributed by atoms with Crippen LogP contribution >= 0.6 is 0 Å². The zero-order valence-corrected chi connectivity index (χ0v) is 14.1. The number of carbonyl (C=O) groups excluding carboxylic acids is 2. The van der Waals surface area contributed by atoms with Gasteiger partial charge < -0.3 is 20.1 Å². The zero-order chi connectivity index (χ0) is 17.9. The number of aromatic nitrogens is 1. The number of carbonyl (C=O) groups is 2. The lowest BCUT2D eigenvalue weighted by molar-refractivity contribution is -0.148. The number of ether oxygens (including phenoxy) is 2. The molecule has 2 amide bonds. The van der Waals surface area contributed by atoms with Crippen LogP contribution in [0.2, 0.25) is 0 Å². The van der Waals surface area contributed by atoms with Gasteiger partial charge in [-0.2, -0.15) is 0 Å². The first-order chi connectivity index (χ1) is 12.0. The minimum Gasteiger partial charge on any atom is -0.382 e. The summed E-state index contributed by atoms with van der Waals surface area (Å²) in [6.07, 6.45) is 1.58. The van der Waals surface area contributed by atoms with Crippen molar-refractivity contribution in [3.8, 4) is 0 Å².